The first-order valence-corrected chi connectivity index (χ1v) is 7.60. The van der Waals surface area contributed by atoms with Gasteiger partial charge >= 0.3 is 5.97 Å². The van der Waals surface area contributed by atoms with Crippen LogP contribution < -0.4 is 5.32 Å². The Hall–Kier alpha value is -1.46. The van der Waals surface area contributed by atoms with Crippen molar-refractivity contribution in [3.8, 4) is 0 Å². The number of Topliss-reactive ketones (excluding diaryl/α,β-unsaturated/α-hetero) is 1. The molecule has 106 valence electrons. The lowest BCUT2D eigenvalue weighted by molar-refractivity contribution is -0.136. The van der Waals surface area contributed by atoms with Crippen molar-refractivity contribution < 1.29 is 14.7 Å². The number of halogens is 1. The number of nitrogens with one attached hydrogen (secondary N) is 1. The Kier molecular flexibility index (Phi) is 4.73. The molecule has 0 saturated heterocycles. The average Bonchev–Trinajstić information content (AvgIpc) is 2.72. The Labute approximate surface area is 126 Å². The molecule has 1 aromatic carbocycles. The average molecular weight is 312 g/mol. The van der Waals surface area contributed by atoms with E-state index in [0.29, 0.717) is 22.8 Å². The molecular weight excluding hydrogens is 298 g/mol. The molecule has 4 nitrogen and oxygen atoms in total. The molecule has 1 aromatic rings. The van der Waals surface area contributed by atoms with Crippen molar-refractivity contribution in [2.75, 3.05) is 16.8 Å². The highest BCUT2D eigenvalue weighted by Gasteiger charge is 2.19. The second-order valence-electron chi connectivity index (χ2n) is 4.51. The molecule has 0 radical (unpaired) electrons. The van der Waals surface area contributed by atoms with Gasteiger partial charge in [-0.25, -0.2) is 0 Å². The van der Waals surface area contributed by atoms with Gasteiger partial charge in [0.25, 0.3) is 0 Å². The number of ketones is 1. The van der Waals surface area contributed by atoms with E-state index in [1.807, 2.05) is 0 Å². The highest BCUT2D eigenvalue weighted by molar-refractivity contribution is 8.00. The lowest BCUT2D eigenvalue weighted by Gasteiger charge is -2.07. The summed E-state index contributed by atoms with van der Waals surface area (Å²) in [6.45, 7) is 3.85. The van der Waals surface area contributed by atoms with E-state index in [1.165, 1.54) is 11.8 Å². The highest BCUT2D eigenvalue weighted by Crippen LogP contribution is 2.32. The SMILES string of the molecule is C=C1Cc2cc(C(=O)CSCCC(=O)O)c(Cl)cc2N1. The van der Waals surface area contributed by atoms with Crippen molar-refractivity contribution in [1.29, 1.82) is 0 Å². The summed E-state index contributed by atoms with van der Waals surface area (Å²) >= 11 is 7.42. The molecular formula is C14H14ClNO3S. The van der Waals surface area contributed by atoms with E-state index in [2.05, 4.69) is 11.9 Å². The van der Waals surface area contributed by atoms with E-state index in [9.17, 15) is 9.59 Å². The van der Waals surface area contributed by atoms with Gasteiger partial charge in [-0.2, -0.15) is 11.8 Å². The molecule has 0 aromatic heterocycles. The summed E-state index contributed by atoms with van der Waals surface area (Å²) in [7, 11) is 0. The molecule has 0 atom stereocenters. The van der Waals surface area contributed by atoms with Gasteiger partial charge in [-0.05, 0) is 17.7 Å². The van der Waals surface area contributed by atoms with Crippen molar-refractivity contribution >= 4 is 40.8 Å². The van der Waals surface area contributed by atoms with Crippen LogP contribution in [0.2, 0.25) is 5.02 Å². The van der Waals surface area contributed by atoms with Gasteiger partial charge in [0.15, 0.2) is 5.78 Å². The molecule has 0 amide bonds. The van der Waals surface area contributed by atoms with Gasteiger partial charge in [0.1, 0.15) is 0 Å². The number of hydrogen-bond acceptors (Lipinski definition) is 4. The summed E-state index contributed by atoms with van der Waals surface area (Å²) in [5.41, 5.74) is 3.29. The molecule has 0 aliphatic carbocycles. The lowest BCUT2D eigenvalue weighted by atomic mass is 10.1. The van der Waals surface area contributed by atoms with Crippen LogP contribution in [0.1, 0.15) is 22.3 Å². The summed E-state index contributed by atoms with van der Waals surface area (Å²) in [4.78, 5) is 22.5. The summed E-state index contributed by atoms with van der Waals surface area (Å²) in [6.07, 6.45) is 0.749. The Bertz CT molecular complexity index is 586. The predicted octanol–water partition coefficient (Wildman–Crippen LogP) is 3.21. The fraction of sp³-hybridized carbons (Fsp3) is 0.286. The van der Waals surface area contributed by atoms with Crippen molar-refractivity contribution in [1.82, 2.24) is 0 Å². The molecule has 0 bridgehead atoms. The minimum Gasteiger partial charge on any atom is -0.481 e. The van der Waals surface area contributed by atoms with Crippen molar-refractivity contribution in [2.24, 2.45) is 0 Å². The number of aliphatic carboxylic acids is 1. The Morgan fingerprint density at radius 3 is 2.90 bits per heavy atom. The number of carbonyl (C=O) groups excluding carboxylic acids is 1. The zero-order chi connectivity index (χ0) is 14.7. The molecule has 1 aliphatic heterocycles. The number of carboxylic acids is 1. The van der Waals surface area contributed by atoms with Gasteiger partial charge in [-0.1, -0.05) is 18.2 Å². The van der Waals surface area contributed by atoms with E-state index in [0.717, 1.165) is 16.9 Å². The van der Waals surface area contributed by atoms with E-state index in [-0.39, 0.29) is 18.0 Å². The maximum atomic E-state index is 12.1. The second kappa shape index (κ2) is 6.33. The first-order valence-electron chi connectivity index (χ1n) is 6.07. The number of carboxylic acid groups (broad SMARTS) is 1. The van der Waals surface area contributed by atoms with Crippen LogP contribution >= 0.6 is 23.4 Å². The molecule has 0 saturated carbocycles. The van der Waals surface area contributed by atoms with Gasteiger partial charge in [0.2, 0.25) is 0 Å². The molecule has 0 unspecified atom stereocenters. The first-order chi connectivity index (χ1) is 9.47. The van der Waals surface area contributed by atoms with Gasteiger partial charge in [-0.15, -0.1) is 0 Å². The summed E-state index contributed by atoms with van der Waals surface area (Å²) in [5, 5.41) is 12.1. The zero-order valence-corrected chi connectivity index (χ0v) is 12.3. The number of carbonyl (C=O) groups is 2. The largest absolute Gasteiger partial charge is 0.481 e. The van der Waals surface area contributed by atoms with E-state index in [1.54, 1.807) is 12.1 Å². The van der Waals surface area contributed by atoms with E-state index < -0.39 is 5.97 Å². The van der Waals surface area contributed by atoms with Gasteiger partial charge in [-0.3, -0.25) is 9.59 Å². The number of anilines is 1. The van der Waals surface area contributed by atoms with Crippen LogP contribution in [0.15, 0.2) is 24.4 Å². The van der Waals surface area contributed by atoms with Crippen LogP contribution in [0.5, 0.6) is 0 Å². The smallest absolute Gasteiger partial charge is 0.304 e. The summed E-state index contributed by atoms with van der Waals surface area (Å²) in [6, 6.07) is 3.53. The minimum absolute atomic E-state index is 0.0552. The van der Waals surface area contributed by atoms with E-state index in [4.69, 9.17) is 16.7 Å². The number of rotatable bonds is 6. The third-order valence-corrected chi connectivity index (χ3v) is 4.17. The fourth-order valence-electron chi connectivity index (χ4n) is 1.96. The van der Waals surface area contributed by atoms with Crippen LogP contribution in [-0.2, 0) is 11.2 Å². The van der Waals surface area contributed by atoms with Crippen molar-refractivity contribution in [3.05, 3.63) is 40.6 Å². The standard InChI is InChI=1S/C14H14ClNO3S/c1-8-4-9-5-10(11(15)6-12(9)16-8)13(17)7-20-3-2-14(18)19/h5-6,16H,1-4,7H2,(H,18,19). The second-order valence-corrected chi connectivity index (χ2v) is 6.03. The normalized spacial score (nSPS) is 12.9. The fourth-order valence-corrected chi connectivity index (χ4v) is 3.03. The number of hydrogen-bond donors (Lipinski definition) is 2. The highest BCUT2D eigenvalue weighted by atomic mass is 35.5. The van der Waals surface area contributed by atoms with Crippen LogP contribution in [0.4, 0.5) is 5.69 Å². The zero-order valence-electron chi connectivity index (χ0n) is 10.7. The number of thioether (sulfide) groups is 1. The van der Waals surface area contributed by atoms with Gasteiger partial charge < -0.3 is 10.4 Å². The number of fused-ring (bicyclic) bond motifs is 1. The van der Waals surface area contributed by atoms with Crippen LogP contribution in [0.3, 0.4) is 0 Å². The molecule has 1 heterocycles. The molecule has 6 heteroatoms. The summed E-state index contributed by atoms with van der Waals surface area (Å²) < 4.78 is 0. The quantitative estimate of drug-likeness (QED) is 0.624. The Morgan fingerprint density at radius 2 is 2.20 bits per heavy atom. The molecule has 2 N–H and O–H groups in total. The molecule has 0 fully saturated rings. The minimum atomic E-state index is -0.856. The van der Waals surface area contributed by atoms with E-state index >= 15 is 0 Å². The predicted molar refractivity (Wildman–Crippen MR) is 81.8 cm³/mol. The monoisotopic (exact) mass is 311 g/mol. The van der Waals surface area contributed by atoms with Crippen molar-refractivity contribution in [2.45, 2.75) is 12.8 Å². The maximum Gasteiger partial charge on any atom is 0.304 e. The molecule has 20 heavy (non-hydrogen) atoms. The molecule has 0 spiro atoms. The third-order valence-electron chi connectivity index (χ3n) is 2.90. The van der Waals surface area contributed by atoms with Crippen molar-refractivity contribution in [3.63, 3.8) is 0 Å². The maximum absolute atomic E-state index is 12.1. The van der Waals surface area contributed by atoms with Gasteiger partial charge in [0.05, 0.1) is 17.2 Å². The number of benzene rings is 1. The lowest BCUT2D eigenvalue weighted by Crippen LogP contribution is -2.06. The Morgan fingerprint density at radius 1 is 1.45 bits per heavy atom. The molecule has 2 rings (SSSR count). The van der Waals surface area contributed by atoms with Crippen LogP contribution in [0, 0.1) is 0 Å². The van der Waals surface area contributed by atoms with Crippen LogP contribution in [-0.4, -0.2) is 28.4 Å². The Balaban J connectivity index is 2.02. The topological polar surface area (TPSA) is 66.4 Å². The molecule has 1 aliphatic rings. The van der Waals surface area contributed by atoms with Gasteiger partial charge in [0, 0.05) is 29.1 Å². The van der Waals surface area contributed by atoms with Crippen LogP contribution in [0.25, 0.3) is 0 Å². The summed E-state index contributed by atoms with van der Waals surface area (Å²) in [5.74, 6) is -0.280. The first kappa shape index (κ1) is 14.9. The number of allylic oxidation sites excluding steroid dienone is 1. The third kappa shape index (κ3) is 3.55.